The van der Waals surface area contributed by atoms with Gasteiger partial charge >= 0.3 is 5.97 Å². The predicted molar refractivity (Wildman–Crippen MR) is 75.3 cm³/mol. The molecule has 4 heteroatoms. The highest BCUT2D eigenvalue weighted by Crippen LogP contribution is 2.38. The van der Waals surface area contributed by atoms with Crippen molar-refractivity contribution in [2.45, 2.75) is 39.5 Å². The van der Waals surface area contributed by atoms with Crippen LogP contribution >= 0.6 is 15.9 Å². The van der Waals surface area contributed by atoms with Gasteiger partial charge in [0.25, 0.3) is 0 Å². The average molecular weight is 315 g/mol. The molecule has 0 radical (unpaired) electrons. The first-order valence-corrected chi connectivity index (χ1v) is 6.66. The SMILES string of the molecule is Cc1cc(Br)c(OCCC(=O)O)c(C(C)(C)C)c1. The molecule has 0 atom stereocenters. The molecule has 0 aliphatic rings. The molecular formula is C14H19BrO3. The Morgan fingerprint density at radius 2 is 2.00 bits per heavy atom. The summed E-state index contributed by atoms with van der Waals surface area (Å²) >= 11 is 3.49. The van der Waals surface area contributed by atoms with E-state index in [-0.39, 0.29) is 18.4 Å². The summed E-state index contributed by atoms with van der Waals surface area (Å²) < 4.78 is 6.51. The molecule has 0 fully saturated rings. The van der Waals surface area contributed by atoms with E-state index >= 15 is 0 Å². The number of hydrogen-bond donors (Lipinski definition) is 1. The molecule has 0 saturated carbocycles. The van der Waals surface area contributed by atoms with E-state index in [1.807, 2.05) is 13.0 Å². The quantitative estimate of drug-likeness (QED) is 0.916. The van der Waals surface area contributed by atoms with E-state index in [0.29, 0.717) is 0 Å². The van der Waals surface area contributed by atoms with Crippen LogP contribution in [0.5, 0.6) is 5.75 Å². The van der Waals surface area contributed by atoms with E-state index in [4.69, 9.17) is 9.84 Å². The Labute approximate surface area is 116 Å². The minimum atomic E-state index is -0.851. The summed E-state index contributed by atoms with van der Waals surface area (Å²) in [6, 6.07) is 4.06. The standard InChI is InChI=1S/C14H19BrO3/c1-9-7-10(14(2,3)4)13(11(15)8-9)18-6-5-12(16)17/h7-8H,5-6H2,1-4H3,(H,16,17). The Balaban J connectivity index is 3.04. The van der Waals surface area contributed by atoms with Crippen molar-refractivity contribution in [3.8, 4) is 5.75 Å². The van der Waals surface area contributed by atoms with Crippen LogP contribution in [0.3, 0.4) is 0 Å². The van der Waals surface area contributed by atoms with Crippen molar-refractivity contribution in [1.29, 1.82) is 0 Å². The normalized spacial score (nSPS) is 11.4. The molecule has 1 N–H and O–H groups in total. The largest absolute Gasteiger partial charge is 0.491 e. The van der Waals surface area contributed by atoms with Gasteiger partial charge in [0.2, 0.25) is 0 Å². The lowest BCUT2D eigenvalue weighted by molar-refractivity contribution is -0.137. The lowest BCUT2D eigenvalue weighted by Crippen LogP contribution is -2.15. The summed E-state index contributed by atoms with van der Waals surface area (Å²) in [6.07, 6.45) is 0.00387. The highest BCUT2D eigenvalue weighted by molar-refractivity contribution is 9.10. The highest BCUT2D eigenvalue weighted by atomic mass is 79.9. The third kappa shape index (κ3) is 4.02. The van der Waals surface area contributed by atoms with Gasteiger partial charge in [-0.3, -0.25) is 4.79 Å². The van der Waals surface area contributed by atoms with Gasteiger partial charge in [-0.05, 0) is 39.9 Å². The fourth-order valence-corrected chi connectivity index (χ4v) is 2.36. The molecule has 0 spiro atoms. The van der Waals surface area contributed by atoms with Gasteiger partial charge in [-0.25, -0.2) is 0 Å². The number of aliphatic carboxylic acids is 1. The second-order valence-electron chi connectivity index (χ2n) is 5.37. The highest BCUT2D eigenvalue weighted by Gasteiger charge is 2.21. The van der Waals surface area contributed by atoms with Gasteiger partial charge < -0.3 is 9.84 Å². The van der Waals surface area contributed by atoms with Gasteiger partial charge in [0, 0.05) is 5.56 Å². The van der Waals surface area contributed by atoms with Crippen LogP contribution in [0.4, 0.5) is 0 Å². The van der Waals surface area contributed by atoms with Crippen molar-refractivity contribution in [1.82, 2.24) is 0 Å². The van der Waals surface area contributed by atoms with E-state index in [2.05, 4.69) is 42.8 Å². The van der Waals surface area contributed by atoms with Crippen molar-refractivity contribution in [3.05, 3.63) is 27.7 Å². The number of carbonyl (C=O) groups is 1. The zero-order valence-corrected chi connectivity index (χ0v) is 12.8. The Morgan fingerprint density at radius 3 is 2.50 bits per heavy atom. The lowest BCUT2D eigenvalue weighted by atomic mass is 9.85. The van der Waals surface area contributed by atoms with Crippen LogP contribution in [0.2, 0.25) is 0 Å². The molecule has 18 heavy (non-hydrogen) atoms. The second kappa shape index (κ2) is 5.74. The lowest BCUT2D eigenvalue weighted by Gasteiger charge is -2.24. The fourth-order valence-electron chi connectivity index (χ4n) is 1.67. The Morgan fingerprint density at radius 1 is 1.39 bits per heavy atom. The maximum Gasteiger partial charge on any atom is 0.306 e. The van der Waals surface area contributed by atoms with Crippen molar-refractivity contribution in [3.63, 3.8) is 0 Å². The molecule has 0 saturated heterocycles. The van der Waals surface area contributed by atoms with Crippen molar-refractivity contribution >= 4 is 21.9 Å². The first-order valence-electron chi connectivity index (χ1n) is 5.87. The summed E-state index contributed by atoms with van der Waals surface area (Å²) in [5, 5.41) is 8.64. The minimum Gasteiger partial charge on any atom is -0.491 e. The van der Waals surface area contributed by atoms with E-state index in [1.165, 1.54) is 0 Å². The Bertz CT molecular complexity index is 447. The smallest absolute Gasteiger partial charge is 0.306 e. The summed E-state index contributed by atoms with van der Waals surface area (Å²) in [7, 11) is 0. The summed E-state index contributed by atoms with van der Waals surface area (Å²) in [4.78, 5) is 10.5. The number of benzene rings is 1. The van der Waals surface area contributed by atoms with Crippen molar-refractivity contribution in [2.75, 3.05) is 6.61 Å². The number of halogens is 1. The van der Waals surface area contributed by atoms with Crippen LogP contribution in [-0.2, 0) is 10.2 Å². The third-order valence-electron chi connectivity index (χ3n) is 2.56. The van der Waals surface area contributed by atoms with Crippen molar-refractivity contribution < 1.29 is 14.6 Å². The molecule has 1 rings (SSSR count). The summed E-state index contributed by atoms with van der Waals surface area (Å²) in [5.74, 6) is -0.107. The number of carboxylic acids is 1. The number of rotatable bonds is 4. The van der Waals surface area contributed by atoms with Crippen LogP contribution in [0.1, 0.15) is 38.3 Å². The molecule has 100 valence electrons. The molecule has 0 amide bonds. The van der Waals surface area contributed by atoms with Crippen LogP contribution in [0.25, 0.3) is 0 Å². The van der Waals surface area contributed by atoms with Crippen LogP contribution in [-0.4, -0.2) is 17.7 Å². The molecule has 0 aromatic heterocycles. The van der Waals surface area contributed by atoms with Gasteiger partial charge in [-0.15, -0.1) is 0 Å². The Kier molecular flexibility index (Phi) is 4.79. The summed E-state index contributed by atoms with van der Waals surface area (Å²) in [5.41, 5.74) is 2.18. The molecule has 0 bridgehead atoms. The van der Waals surface area contributed by atoms with Crippen molar-refractivity contribution in [2.24, 2.45) is 0 Å². The third-order valence-corrected chi connectivity index (χ3v) is 3.15. The van der Waals surface area contributed by atoms with Gasteiger partial charge in [0.1, 0.15) is 5.75 Å². The first-order chi connectivity index (χ1) is 8.21. The maximum atomic E-state index is 10.5. The minimum absolute atomic E-state index is 0.00387. The molecule has 1 aromatic rings. The number of carboxylic acid groups (broad SMARTS) is 1. The molecule has 1 aromatic carbocycles. The zero-order valence-electron chi connectivity index (χ0n) is 11.2. The van der Waals surface area contributed by atoms with E-state index in [1.54, 1.807) is 0 Å². The molecule has 0 aliphatic heterocycles. The Hall–Kier alpha value is -1.03. The second-order valence-corrected chi connectivity index (χ2v) is 6.22. The average Bonchev–Trinajstić information content (AvgIpc) is 2.18. The van der Waals surface area contributed by atoms with Crippen LogP contribution < -0.4 is 4.74 Å². The molecular weight excluding hydrogens is 296 g/mol. The van der Waals surface area contributed by atoms with Gasteiger partial charge in [-0.2, -0.15) is 0 Å². The topological polar surface area (TPSA) is 46.5 Å². The summed E-state index contributed by atoms with van der Waals surface area (Å²) in [6.45, 7) is 8.54. The van der Waals surface area contributed by atoms with E-state index in [9.17, 15) is 4.79 Å². The first kappa shape index (κ1) is 15.0. The van der Waals surface area contributed by atoms with Gasteiger partial charge in [0.05, 0.1) is 17.5 Å². The van der Waals surface area contributed by atoms with Crippen LogP contribution in [0.15, 0.2) is 16.6 Å². The molecule has 0 aliphatic carbocycles. The van der Waals surface area contributed by atoms with Crippen LogP contribution in [0, 0.1) is 6.92 Å². The monoisotopic (exact) mass is 314 g/mol. The van der Waals surface area contributed by atoms with Gasteiger partial charge in [-0.1, -0.05) is 26.8 Å². The maximum absolute atomic E-state index is 10.5. The number of ether oxygens (including phenoxy) is 1. The van der Waals surface area contributed by atoms with Gasteiger partial charge in [0.15, 0.2) is 0 Å². The number of hydrogen-bond acceptors (Lipinski definition) is 2. The molecule has 3 nitrogen and oxygen atoms in total. The zero-order chi connectivity index (χ0) is 13.9. The predicted octanol–water partition coefficient (Wildman–Crippen LogP) is 3.91. The van der Waals surface area contributed by atoms with E-state index in [0.717, 1.165) is 21.3 Å². The number of aryl methyl sites for hydroxylation is 1. The fraction of sp³-hybridized carbons (Fsp3) is 0.500. The van der Waals surface area contributed by atoms with E-state index < -0.39 is 5.97 Å². The molecule has 0 heterocycles. The molecule has 0 unspecified atom stereocenters.